The highest BCUT2D eigenvalue weighted by atomic mass is 35.5. The van der Waals surface area contributed by atoms with Gasteiger partial charge in [0.05, 0.1) is 17.4 Å². The number of imide groups is 1. The van der Waals surface area contributed by atoms with E-state index in [2.05, 4.69) is 5.32 Å². The second kappa shape index (κ2) is 10.7. The fourth-order valence-electron chi connectivity index (χ4n) is 4.07. The number of benzene rings is 4. The minimum atomic E-state index is -0.489. The molecule has 4 aromatic rings. The molecule has 0 fully saturated rings. The number of nitrogens with zero attached hydrogens (tertiary/aromatic N) is 1. The van der Waals surface area contributed by atoms with Gasteiger partial charge in [-0.05, 0) is 73.8 Å². The smallest absolute Gasteiger partial charge is 0.338 e. The van der Waals surface area contributed by atoms with Crippen LogP contribution in [0.2, 0.25) is 5.02 Å². The van der Waals surface area contributed by atoms with Crippen LogP contribution in [0.25, 0.3) is 10.8 Å². The molecule has 8 heteroatoms. The zero-order valence-corrected chi connectivity index (χ0v) is 22.2. The molecule has 0 bridgehead atoms. The molecule has 2 amide bonds. The molecule has 1 aliphatic rings. The van der Waals surface area contributed by atoms with Crippen molar-refractivity contribution in [3.63, 3.8) is 0 Å². The van der Waals surface area contributed by atoms with E-state index in [-0.39, 0.29) is 16.7 Å². The van der Waals surface area contributed by atoms with Gasteiger partial charge in [-0.25, -0.2) is 9.69 Å². The molecule has 4 aromatic carbocycles. The van der Waals surface area contributed by atoms with Crippen molar-refractivity contribution in [1.29, 1.82) is 0 Å². The Balaban J connectivity index is 1.52. The normalized spacial score (nSPS) is 13.5. The highest BCUT2D eigenvalue weighted by Gasteiger charge is 2.40. The summed E-state index contributed by atoms with van der Waals surface area (Å²) >= 11 is 7.23. The van der Waals surface area contributed by atoms with Crippen LogP contribution < -0.4 is 10.2 Å². The van der Waals surface area contributed by atoms with Crippen molar-refractivity contribution in [2.75, 3.05) is 10.2 Å². The first kappa shape index (κ1) is 25.6. The number of carbonyl (C=O) groups excluding carboxylic acids is 3. The molecule has 0 saturated carbocycles. The predicted octanol–water partition coefficient (Wildman–Crippen LogP) is 7.05. The number of hydrogen-bond acceptors (Lipinski definition) is 6. The number of thioether (sulfide) groups is 1. The number of ether oxygens (including phenoxy) is 1. The number of fused-ring (bicyclic) bond motifs is 1. The molecule has 0 spiro atoms. The molecular formula is C30H23ClN2O4S. The zero-order chi connectivity index (χ0) is 26.8. The van der Waals surface area contributed by atoms with Gasteiger partial charge >= 0.3 is 5.97 Å². The molecule has 1 aliphatic heterocycles. The van der Waals surface area contributed by atoms with Gasteiger partial charge in [0.15, 0.2) is 0 Å². The van der Waals surface area contributed by atoms with Crippen LogP contribution in [0.5, 0.6) is 0 Å². The summed E-state index contributed by atoms with van der Waals surface area (Å²) in [7, 11) is 0. The van der Waals surface area contributed by atoms with Crippen molar-refractivity contribution < 1.29 is 19.1 Å². The number of carbonyl (C=O) groups is 3. The van der Waals surface area contributed by atoms with Crippen molar-refractivity contribution >= 4 is 63.3 Å². The largest absolute Gasteiger partial charge is 0.459 e. The third-order valence-electron chi connectivity index (χ3n) is 5.83. The number of rotatable bonds is 7. The van der Waals surface area contributed by atoms with E-state index in [0.717, 1.165) is 20.6 Å². The summed E-state index contributed by atoms with van der Waals surface area (Å²) in [5.74, 6) is -1.42. The monoisotopic (exact) mass is 542 g/mol. The van der Waals surface area contributed by atoms with Gasteiger partial charge in [0.1, 0.15) is 10.6 Å². The first-order chi connectivity index (χ1) is 18.3. The van der Waals surface area contributed by atoms with Crippen LogP contribution in [-0.4, -0.2) is 23.9 Å². The van der Waals surface area contributed by atoms with E-state index in [9.17, 15) is 14.4 Å². The summed E-state index contributed by atoms with van der Waals surface area (Å²) in [6.45, 7) is 3.54. The van der Waals surface area contributed by atoms with Crippen molar-refractivity contribution in [3.8, 4) is 0 Å². The van der Waals surface area contributed by atoms with Gasteiger partial charge in [-0.2, -0.15) is 0 Å². The fourth-order valence-corrected chi connectivity index (χ4v) is 5.12. The summed E-state index contributed by atoms with van der Waals surface area (Å²) in [5, 5.41) is 5.74. The standard InChI is InChI=1S/C30H23ClN2O4S/c1-18(2)37-30(36)20-10-14-22(15-11-20)33-28(34)26(27(29(33)35)38-23-16-12-21(31)13-17-23)32-25-9-5-7-19-6-3-4-8-24(19)25/h3-18,32H,1-2H3. The molecule has 5 rings (SSSR count). The predicted molar refractivity (Wildman–Crippen MR) is 151 cm³/mol. The van der Waals surface area contributed by atoms with Gasteiger partial charge in [0, 0.05) is 21.0 Å². The van der Waals surface area contributed by atoms with Crippen LogP contribution in [-0.2, 0) is 14.3 Å². The quantitative estimate of drug-likeness (QED) is 0.199. The lowest BCUT2D eigenvalue weighted by molar-refractivity contribution is -0.120. The number of esters is 1. The van der Waals surface area contributed by atoms with E-state index >= 15 is 0 Å². The Morgan fingerprint density at radius 2 is 1.55 bits per heavy atom. The van der Waals surface area contributed by atoms with Gasteiger partial charge in [-0.1, -0.05) is 59.8 Å². The van der Waals surface area contributed by atoms with E-state index in [1.807, 2.05) is 42.5 Å². The van der Waals surface area contributed by atoms with Gasteiger partial charge < -0.3 is 10.1 Å². The second-order valence-electron chi connectivity index (χ2n) is 8.86. The topological polar surface area (TPSA) is 75.7 Å². The second-order valence-corrected chi connectivity index (χ2v) is 10.4. The SMILES string of the molecule is CC(C)OC(=O)c1ccc(N2C(=O)C(Nc3cccc4ccccc34)=C(Sc3ccc(Cl)cc3)C2=O)cc1. The van der Waals surface area contributed by atoms with Crippen molar-refractivity contribution in [1.82, 2.24) is 0 Å². The highest BCUT2D eigenvalue weighted by Crippen LogP contribution is 2.39. The van der Waals surface area contributed by atoms with E-state index in [1.54, 1.807) is 62.4 Å². The van der Waals surface area contributed by atoms with E-state index in [0.29, 0.717) is 22.0 Å². The third kappa shape index (κ3) is 5.16. The Bertz CT molecular complexity index is 1580. The third-order valence-corrected chi connectivity index (χ3v) is 7.17. The lowest BCUT2D eigenvalue weighted by Crippen LogP contribution is -2.32. The van der Waals surface area contributed by atoms with Gasteiger partial charge in [0.25, 0.3) is 11.8 Å². The molecule has 0 aromatic heterocycles. The van der Waals surface area contributed by atoms with Gasteiger partial charge in [0.2, 0.25) is 0 Å². The molecule has 0 unspecified atom stereocenters. The maximum atomic E-state index is 13.7. The molecule has 190 valence electrons. The average Bonchev–Trinajstić information content (AvgIpc) is 3.13. The first-order valence-electron chi connectivity index (χ1n) is 11.9. The maximum absolute atomic E-state index is 13.7. The minimum absolute atomic E-state index is 0.176. The van der Waals surface area contributed by atoms with Crippen LogP contribution in [0, 0.1) is 0 Å². The lowest BCUT2D eigenvalue weighted by atomic mass is 10.1. The number of nitrogens with one attached hydrogen (secondary N) is 1. The van der Waals surface area contributed by atoms with E-state index < -0.39 is 17.8 Å². The molecule has 1 N–H and O–H groups in total. The Hall–Kier alpha value is -4.07. The Kier molecular flexibility index (Phi) is 7.22. The van der Waals surface area contributed by atoms with Crippen molar-refractivity contribution in [3.05, 3.63) is 112 Å². The minimum Gasteiger partial charge on any atom is -0.459 e. The number of hydrogen-bond donors (Lipinski definition) is 1. The molecule has 0 aliphatic carbocycles. The van der Waals surface area contributed by atoms with Gasteiger partial charge in [-0.3, -0.25) is 9.59 Å². The van der Waals surface area contributed by atoms with Crippen LogP contribution >= 0.6 is 23.4 Å². The Labute approximate surface area is 229 Å². The molecule has 1 heterocycles. The van der Waals surface area contributed by atoms with Crippen LogP contribution in [0.3, 0.4) is 0 Å². The van der Waals surface area contributed by atoms with E-state index in [1.165, 1.54) is 11.8 Å². The molecule has 0 saturated heterocycles. The number of anilines is 2. The molecule has 38 heavy (non-hydrogen) atoms. The summed E-state index contributed by atoms with van der Waals surface area (Å²) in [6, 6.07) is 26.8. The number of amides is 2. The van der Waals surface area contributed by atoms with Crippen molar-refractivity contribution in [2.24, 2.45) is 0 Å². The molecule has 6 nitrogen and oxygen atoms in total. The first-order valence-corrected chi connectivity index (χ1v) is 13.1. The molecule has 0 atom stereocenters. The van der Waals surface area contributed by atoms with E-state index in [4.69, 9.17) is 16.3 Å². The maximum Gasteiger partial charge on any atom is 0.338 e. The lowest BCUT2D eigenvalue weighted by Gasteiger charge is -2.16. The summed E-state index contributed by atoms with van der Waals surface area (Å²) in [5.41, 5.74) is 1.57. The van der Waals surface area contributed by atoms with Crippen LogP contribution in [0.15, 0.2) is 106 Å². The zero-order valence-electron chi connectivity index (χ0n) is 20.6. The van der Waals surface area contributed by atoms with Crippen LogP contribution in [0.1, 0.15) is 24.2 Å². The highest BCUT2D eigenvalue weighted by molar-refractivity contribution is 8.04. The summed E-state index contributed by atoms with van der Waals surface area (Å²) < 4.78 is 5.24. The summed E-state index contributed by atoms with van der Waals surface area (Å²) in [6.07, 6.45) is -0.261. The Morgan fingerprint density at radius 1 is 0.868 bits per heavy atom. The fraction of sp³-hybridized carbons (Fsp3) is 0.100. The summed E-state index contributed by atoms with van der Waals surface area (Å²) in [4.78, 5) is 41.8. The van der Waals surface area contributed by atoms with Crippen molar-refractivity contribution in [2.45, 2.75) is 24.8 Å². The van der Waals surface area contributed by atoms with Gasteiger partial charge in [-0.15, -0.1) is 0 Å². The molecular weight excluding hydrogens is 520 g/mol. The van der Waals surface area contributed by atoms with Crippen LogP contribution in [0.4, 0.5) is 11.4 Å². The number of halogens is 1. The Morgan fingerprint density at radius 3 is 2.26 bits per heavy atom. The average molecular weight is 543 g/mol. The molecule has 0 radical (unpaired) electrons.